The summed E-state index contributed by atoms with van der Waals surface area (Å²) in [5.74, 6) is 2.04. The van der Waals surface area contributed by atoms with E-state index in [0.717, 1.165) is 30.7 Å². The number of carboxylic acid groups (broad SMARTS) is 1. The molecule has 0 spiro atoms. The molecule has 5 fully saturated rings. The first-order valence-electron chi connectivity index (χ1n) is 11.3. The first-order valence-corrected chi connectivity index (χ1v) is 11.3. The van der Waals surface area contributed by atoms with Crippen LogP contribution in [0, 0.1) is 17.8 Å². The molecule has 5 aliphatic rings. The average Bonchev–Trinajstić information content (AvgIpc) is 3.03. The second kappa shape index (κ2) is 7.97. The number of rotatable bonds is 2. The van der Waals surface area contributed by atoms with Crippen molar-refractivity contribution < 1.29 is 14.5 Å². The molecule has 5 saturated carbocycles. The highest BCUT2D eigenvalue weighted by atomic mass is 16.4. The molecule has 0 aliphatic heterocycles. The van der Waals surface area contributed by atoms with Gasteiger partial charge in [-0.25, -0.2) is 9.13 Å². The van der Waals surface area contributed by atoms with Gasteiger partial charge in [-0.1, -0.05) is 19.3 Å². The fourth-order valence-corrected chi connectivity index (χ4v) is 6.98. The zero-order valence-electron chi connectivity index (χ0n) is 16.9. The van der Waals surface area contributed by atoms with E-state index in [-0.39, 0.29) is 0 Å². The van der Waals surface area contributed by atoms with Crippen LogP contribution in [0.2, 0.25) is 0 Å². The number of imidazole rings is 1. The molecule has 0 N–H and O–H groups in total. The molecule has 150 valence electrons. The Morgan fingerprint density at radius 2 is 1.44 bits per heavy atom. The summed E-state index contributed by atoms with van der Waals surface area (Å²) in [6, 6.07) is 0.769. The number of nitrogens with zero attached hydrogens (tertiary/aromatic N) is 2. The molecule has 6 rings (SSSR count). The molecule has 1 heterocycles. The van der Waals surface area contributed by atoms with Crippen molar-refractivity contribution in [3.8, 4) is 0 Å². The molecule has 4 nitrogen and oxygen atoms in total. The number of carbonyl (C=O) groups is 1. The van der Waals surface area contributed by atoms with Gasteiger partial charge in [-0.3, -0.25) is 0 Å². The van der Waals surface area contributed by atoms with E-state index in [1.165, 1.54) is 64.2 Å². The lowest BCUT2D eigenvalue weighted by molar-refractivity contribution is -0.724. The zero-order valence-corrected chi connectivity index (χ0v) is 16.9. The molecular weight excluding hydrogens is 336 g/mol. The molecule has 4 bridgehead atoms. The predicted molar refractivity (Wildman–Crippen MR) is 103 cm³/mol. The van der Waals surface area contributed by atoms with Gasteiger partial charge >= 0.3 is 0 Å². The van der Waals surface area contributed by atoms with E-state index in [1.54, 1.807) is 19.3 Å². The van der Waals surface area contributed by atoms with Gasteiger partial charge in [0, 0.05) is 5.97 Å². The summed E-state index contributed by atoms with van der Waals surface area (Å²) in [5, 5.41) is 8.89. The summed E-state index contributed by atoms with van der Waals surface area (Å²) in [5.41, 5.74) is 0.502. The molecule has 5 aliphatic carbocycles. The Morgan fingerprint density at radius 3 is 1.96 bits per heavy atom. The van der Waals surface area contributed by atoms with E-state index in [1.807, 2.05) is 0 Å². The van der Waals surface area contributed by atoms with Crippen molar-refractivity contribution in [3.63, 3.8) is 0 Å². The Morgan fingerprint density at radius 1 is 0.963 bits per heavy atom. The Kier molecular flexibility index (Phi) is 5.61. The standard InChI is InChI=1S/C21H33N2.C2H4O2/c1-2-4-6-20(7-5-3-1)22-8-9-23(16-22)21-13-17-10-18(14-21)12-19(11-17)15-21;1-2(3)4/h8-9,16-20H,1-7,10-15H2;1H3,(H,3,4)/q+1;/p-1. The Balaban J connectivity index is 0.000000413. The van der Waals surface area contributed by atoms with Crippen molar-refractivity contribution in [2.75, 3.05) is 0 Å². The Hall–Kier alpha value is -1.32. The monoisotopic (exact) mass is 372 g/mol. The number of carboxylic acids is 1. The second-order valence-electron chi connectivity index (χ2n) is 9.90. The number of hydrogen-bond donors (Lipinski definition) is 0. The van der Waals surface area contributed by atoms with Crippen LogP contribution in [0.1, 0.15) is 96.4 Å². The number of carbonyl (C=O) groups excluding carboxylic acids is 1. The predicted octanol–water partition coefficient (Wildman–Crippen LogP) is 3.74. The highest BCUT2D eigenvalue weighted by molar-refractivity contribution is 5.60. The third kappa shape index (κ3) is 4.25. The van der Waals surface area contributed by atoms with E-state index in [9.17, 15) is 0 Å². The molecule has 0 radical (unpaired) electrons. The summed E-state index contributed by atoms with van der Waals surface area (Å²) in [4.78, 5) is 8.89. The fraction of sp³-hybridized carbons (Fsp3) is 0.826. The molecule has 1 aromatic heterocycles. The van der Waals surface area contributed by atoms with Crippen molar-refractivity contribution in [1.29, 1.82) is 0 Å². The smallest absolute Gasteiger partial charge is 0.244 e. The minimum atomic E-state index is -1.08. The van der Waals surface area contributed by atoms with E-state index < -0.39 is 5.97 Å². The number of aromatic nitrogens is 2. The van der Waals surface area contributed by atoms with Crippen molar-refractivity contribution >= 4 is 5.97 Å². The first-order chi connectivity index (χ1) is 13.0. The minimum Gasteiger partial charge on any atom is -0.550 e. The maximum absolute atomic E-state index is 8.89. The van der Waals surface area contributed by atoms with Crippen LogP contribution in [0.3, 0.4) is 0 Å². The average molecular weight is 373 g/mol. The van der Waals surface area contributed by atoms with Crippen molar-refractivity contribution in [2.45, 2.75) is 102 Å². The van der Waals surface area contributed by atoms with E-state index in [2.05, 4.69) is 27.9 Å². The van der Waals surface area contributed by atoms with E-state index in [4.69, 9.17) is 9.90 Å². The molecule has 0 aromatic carbocycles. The van der Waals surface area contributed by atoms with Gasteiger partial charge in [-0.15, -0.1) is 0 Å². The maximum atomic E-state index is 8.89. The van der Waals surface area contributed by atoms with E-state index >= 15 is 0 Å². The molecule has 0 saturated heterocycles. The van der Waals surface area contributed by atoms with Crippen LogP contribution in [0.4, 0.5) is 0 Å². The van der Waals surface area contributed by atoms with Gasteiger partial charge in [0.1, 0.15) is 24.0 Å². The van der Waals surface area contributed by atoms with Crippen molar-refractivity contribution in [3.05, 3.63) is 18.7 Å². The summed E-state index contributed by atoms with van der Waals surface area (Å²) in [7, 11) is 0. The third-order valence-electron chi connectivity index (χ3n) is 7.71. The fourth-order valence-electron chi connectivity index (χ4n) is 6.98. The van der Waals surface area contributed by atoms with Crippen LogP contribution >= 0.6 is 0 Å². The molecule has 0 atom stereocenters. The van der Waals surface area contributed by atoms with Crippen LogP contribution < -0.4 is 9.67 Å². The Bertz CT molecular complexity index is 603. The van der Waals surface area contributed by atoms with Crippen LogP contribution in [0.5, 0.6) is 0 Å². The van der Waals surface area contributed by atoms with Gasteiger partial charge in [0.15, 0.2) is 0 Å². The lowest BCUT2D eigenvalue weighted by Crippen LogP contribution is -2.52. The molecule has 0 unspecified atom stereocenters. The lowest BCUT2D eigenvalue weighted by Gasteiger charge is -2.54. The lowest BCUT2D eigenvalue weighted by atomic mass is 9.53. The molecule has 1 aromatic rings. The molecule has 0 amide bonds. The minimum absolute atomic E-state index is 0.502. The van der Waals surface area contributed by atoms with Gasteiger partial charge in [0.25, 0.3) is 0 Å². The quantitative estimate of drug-likeness (QED) is 0.743. The largest absolute Gasteiger partial charge is 0.550 e. The third-order valence-corrected chi connectivity index (χ3v) is 7.71. The van der Waals surface area contributed by atoms with Crippen LogP contribution in [0.15, 0.2) is 18.7 Å². The van der Waals surface area contributed by atoms with Crippen LogP contribution in [-0.2, 0) is 10.3 Å². The molecule has 4 heteroatoms. The molecule has 27 heavy (non-hydrogen) atoms. The van der Waals surface area contributed by atoms with Crippen molar-refractivity contribution in [1.82, 2.24) is 4.57 Å². The summed E-state index contributed by atoms with van der Waals surface area (Å²) in [6.45, 7) is 0.972. The normalized spacial score (nSPS) is 35.8. The summed E-state index contributed by atoms with van der Waals surface area (Å²) < 4.78 is 5.26. The SMILES string of the molecule is CC(=O)[O-].c1c[n+](C2CCCCCCC2)cn1C12CC3CC(CC(C3)C1)C2. The zero-order chi connectivity index (χ0) is 18.9. The van der Waals surface area contributed by atoms with Gasteiger partial charge in [0.05, 0.1) is 0 Å². The highest BCUT2D eigenvalue weighted by Crippen LogP contribution is 2.58. The summed E-state index contributed by atoms with van der Waals surface area (Å²) >= 11 is 0. The number of aliphatic carboxylic acids is 1. The molecular formula is C23H36N2O2. The number of hydrogen-bond acceptors (Lipinski definition) is 2. The van der Waals surface area contributed by atoms with Gasteiger partial charge in [-0.2, -0.15) is 0 Å². The maximum Gasteiger partial charge on any atom is 0.244 e. The topological polar surface area (TPSA) is 48.9 Å². The second-order valence-corrected chi connectivity index (χ2v) is 9.90. The van der Waals surface area contributed by atoms with E-state index in [0.29, 0.717) is 5.54 Å². The van der Waals surface area contributed by atoms with Gasteiger partial charge in [0.2, 0.25) is 6.33 Å². The van der Waals surface area contributed by atoms with Gasteiger partial charge < -0.3 is 9.90 Å². The van der Waals surface area contributed by atoms with Crippen molar-refractivity contribution in [2.24, 2.45) is 17.8 Å². The Labute approximate surface area is 164 Å². The van der Waals surface area contributed by atoms with Gasteiger partial charge in [-0.05, 0) is 88.9 Å². The summed E-state index contributed by atoms with van der Waals surface area (Å²) in [6.07, 6.45) is 26.4. The highest BCUT2D eigenvalue weighted by Gasteiger charge is 2.54. The van der Waals surface area contributed by atoms with Crippen LogP contribution in [0.25, 0.3) is 0 Å². The first kappa shape index (κ1) is 19.0. The van der Waals surface area contributed by atoms with Crippen LogP contribution in [-0.4, -0.2) is 10.5 Å².